The molecule has 7 nitrogen and oxygen atoms in total. The summed E-state index contributed by atoms with van der Waals surface area (Å²) in [6.45, 7) is 6.50. The van der Waals surface area contributed by atoms with Crippen molar-refractivity contribution in [2.45, 2.75) is 148 Å². The molecule has 0 saturated carbocycles. The van der Waals surface area contributed by atoms with Crippen molar-refractivity contribution < 1.29 is 26.9 Å². The van der Waals surface area contributed by atoms with E-state index in [0.29, 0.717) is 32.7 Å². The third-order valence-corrected chi connectivity index (χ3v) is 7.61. The molecule has 0 fully saturated rings. The predicted octanol–water partition coefficient (Wildman–Crippen LogP) is 7.66. The summed E-state index contributed by atoms with van der Waals surface area (Å²) in [6, 6.07) is 0. The lowest BCUT2D eigenvalue weighted by Crippen LogP contribution is -2.37. The SMILES string of the molecule is CCCCCCCCCCCCOCC(CN(C)CCOS(C)(=O)=O)OC(=O)CCCCCCCCCCC. The Morgan fingerprint density at radius 3 is 1.64 bits per heavy atom. The first-order valence-corrected chi connectivity index (χ1v) is 17.9. The van der Waals surface area contributed by atoms with Crippen LogP contribution >= 0.6 is 0 Å². The number of ether oxygens (including phenoxy) is 2. The van der Waals surface area contributed by atoms with Crippen LogP contribution in [0.4, 0.5) is 0 Å². The Morgan fingerprint density at radius 2 is 1.15 bits per heavy atom. The van der Waals surface area contributed by atoms with Gasteiger partial charge in [-0.3, -0.25) is 8.98 Å². The van der Waals surface area contributed by atoms with Gasteiger partial charge in [0, 0.05) is 26.1 Å². The molecule has 0 rings (SSSR count). The Labute approximate surface area is 242 Å². The summed E-state index contributed by atoms with van der Waals surface area (Å²) < 4.78 is 38.9. The molecule has 0 aromatic rings. The number of hydrogen-bond donors (Lipinski definition) is 0. The van der Waals surface area contributed by atoms with E-state index >= 15 is 0 Å². The first-order valence-electron chi connectivity index (χ1n) is 16.1. The highest BCUT2D eigenvalue weighted by atomic mass is 32.2. The molecule has 0 aromatic heterocycles. The Balaban J connectivity index is 4.21. The molecule has 1 unspecified atom stereocenters. The van der Waals surface area contributed by atoms with Gasteiger partial charge >= 0.3 is 5.97 Å². The van der Waals surface area contributed by atoms with Crippen LogP contribution in [0.1, 0.15) is 142 Å². The normalized spacial score (nSPS) is 12.7. The van der Waals surface area contributed by atoms with Crippen LogP contribution in [0.5, 0.6) is 0 Å². The summed E-state index contributed by atoms with van der Waals surface area (Å²) in [7, 11) is -1.59. The van der Waals surface area contributed by atoms with Gasteiger partial charge in [0.25, 0.3) is 10.1 Å². The highest BCUT2D eigenvalue weighted by Gasteiger charge is 2.17. The number of likely N-dealkylation sites (N-methyl/N-ethyl adjacent to an activating group) is 1. The van der Waals surface area contributed by atoms with Crippen LogP contribution in [0.3, 0.4) is 0 Å². The lowest BCUT2D eigenvalue weighted by atomic mass is 10.1. The number of nitrogens with zero attached hydrogens (tertiary/aromatic N) is 1. The highest BCUT2D eigenvalue weighted by Crippen LogP contribution is 2.13. The molecule has 0 N–H and O–H groups in total. The van der Waals surface area contributed by atoms with Crippen molar-refractivity contribution in [3.05, 3.63) is 0 Å². The fourth-order valence-electron chi connectivity index (χ4n) is 4.64. The Hall–Kier alpha value is -0.700. The van der Waals surface area contributed by atoms with Gasteiger partial charge in [0.2, 0.25) is 0 Å². The molecule has 234 valence electrons. The van der Waals surface area contributed by atoms with Crippen molar-refractivity contribution in [1.82, 2.24) is 4.90 Å². The Bertz CT molecular complexity index is 643. The highest BCUT2D eigenvalue weighted by molar-refractivity contribution is 7.85. The molecule has 8 heteroatoms. The lowest BCUT2D eigenvalue weighted by molar-refractivity contribution is -0.153. The smallest absolute Gasteiger partial charge is 0.306 e. The van der Waals surface area contributed by atoms with Crippen LogP contribution in [0.2, 0.25) is 0 Å². The van der Waals surface area contributed by atoms with Crippen molar-refractivity contribution in [1.29, 1.82) is 0 Å². The second kappa shape index (κ2) is 27.5. The van der Waals surface area contributed by atoms with Crippen LogP contribution in [0.25, 0.3) is 0 Å². The van der Waals surface area contributed by atoms with Gasteiger partial charge in [-0.25, -0.2) is 0 Å². The van der Waals surface area contributed by atoms with E-state index in [1.165, 1.54) is 103 Å². The van der Waals surface area contributed by atoms with Gasteiger partial charge in [-0.1, -0.05) is 123 Å². The Kier molecular flexibility index (Phi) is 27.0. The van der Waals surface area contributed by atoms with Gasteiger partial charge in [-0.2, -0.15) is 8.42 Å². The zero-order valence-corrected chi connectivity index (χ0v) is 26.9. The minimum absolute atomic E-state index is 0.0773. The monoisotopic (exact) mass is 577 g/mol. The summed E-state index contributed by atoms with van der Waals surface area (Å²) in [4.78, 5) is 14.4. The molecule has 39 heavy (non-hydrogen) atoms. The van der Waals surface area contributed by atoms with E-state index in [-0.39, 0.29) is 18.7 Å². The number of unbranched alkanes of at least 4 members (excludes halogenated alkanes) is 17. The molecule has 1 atom stereocenters. The van der Waals surface area contributed by atoms with Crippen molar-refractivity contribution in [2.24, 2.45) is 0 Å². The van der Waals surface area contributed by atoms with E-state index in [1.807, 2.05) is 11.9 Å². The van der Waals surface area contributed by atoms with Crippen LogP contribution < -0.4 is 0 Å². The summed E-state index contributed by atoms with van der Waals surface area (Å²) in [5.74, 6) is -0.175. The number of carbonyl (C=O) groups excluding carboxylic acids is 1. The van der Waals surface area contributed by atoms with E-state index in [4.69, 9.17) is 13.7 Å². The van der Waals surface area contributed by atoms with E-state index in [9.17, 15) is 13.2 Å². The molecule has 0 aliphatic carbocycles. The molecule has 0 spiro atoms. The molecule has 0 bridgehead atoms. The predicted molar refractivity (Wildman–Crippen MR) is 163 cm³/mol. The summed E-state index contributed by atoms with van der Waals surface area (Å²) in [5.41, 5.74) is 0. The van der Waals surface area contributed by atoms with Crippen molar-refractivity contribution in [3.63, 3.8) is 0 Å². The molecular formula is C31H63NO6S. The van der Waals surface area contributed by atoms with Crippen LogP contribution in [0.15, 0.2) is 0 Å². The van der Waals surface area contributed by atoms with E-state index in [2.05, 4.69) is 13.8 Å². The number of hydrogen-bond acceptors (Lipinski definition) is 7. The third-order valence-electron chi connectivity index (χ3n) is 7.01. The Morgan fingerprint density at radius 1 is 0.692 bits per heavy atom. The van der Waals surface area contributed by atoms with Gasteiger partial charge < -0.3 is 14.4 Å². The maximum absolute atomic E-state index is 12.5. The number of carbonyl (C=O) groups is 1. The number of rotatable bonds is 30. The molecule has 0 aliphatic rings. The molecule has 0 heterocycles. The second-order valence-corrected chi connectivity index (χ2v) is 12.9. The average Bonchev–Trinajstić information content (AvgIpc) is 2.87. The topological polar surface area (TPSA) is 82.1 Å². The quantitative estimate of drug-likeness (QED) is 0.0492. The molecular weight excluding hydrogens is 514 g/mol. The van der Waals surface area contributed by atoms with Gasteiger partial charge in [0.15, 0.2) is 0 Å². The minimum atomic E-state index is -3.46. The van der Waals surface area contributed by atoms with Crippen molar-refractivity contribution in [3.8, 4) is 0 Å². The maximum Gasteiger partial charge on any atom is 0.306 e. The molecule has 0 radical (unpaired) electrons. The van der Waals surface area contributed by atoms with E-state index in [1.54, 1.807) is 0 Å². The maximum atomic E-state index is 12.5. The summed E-state index contributed by atoms with van der Waals surface area (Å²) >= 11 is 0. The van der Waals surface area contributed by atoms with Gasteiger partial charge in [-0.15, -0.1) is 0 Å². The third kappa shape index (κ3) is 30.1. The van der Waals surface area contributed by atoms with E-state index in [0.717, 1.165) is 25.5 Å². The van der Waals surface area contributed by atoms with Crippen molar-refractivity contribution in [2.75, 3.05) is 46.2 Å². The summed E-state index contributed by atoms with van der Waals surface area (Å²) in [6.07, 6.45) is 24.8. The van der Waals surface area contributed by atoms with E-state index < -0.39 is 10.1 Å². The summed E-state index contributed by atoms with van der Waals surface area (Å²) in [5, 5.41) is 0. The largest absolute Gasteiger partial charge is 0.459 e. The zero-order chi connectivity index (χ0) is 29.0. The zero-order valence-electron chi connectivity index (χ0n) is 26.1. The molecule has 0 saturated heterocycles. The first-order chi connectivity index (χ1) is 18.8. The fourth-order valence-corrected chi connectivity index (χ4v) is 5.02. The minimum Gasteiger partial charge on any atom is -0.459 e. The van der Waals surface area contributed by atoms with Gasteiger partial charge in [-0.05, 0) is 19.9 Å². The van der Waals surface area contributed by atoms with Gasteiger partial charge in [0.1, 0.15) is 6.10 Å². The van der Waals surface area contributed by atoms with Crippen LogP contribution in [-0.4, -0.2) is 71.6 Å². The molecule has 0 amide bonds. The molecule has 0 aliphatic heterocycles. The first kappa shape index (κ1) is 38.3. The average molecular weight is 578 g/mol. The molecule has 0 aromatic carbocycles. The second-order valence-electron chi connectivity index (χ2n) is 11.2. The van der Waals surface area contributed by atoms with Crippen LogP contribution in [-0.2, 0) is 28.6 Å². The van der Waals surface area contributed by atoms with Crippen LogP contribution in [0, 0.1) is 0 Å². The van der Waals surface area contributed by atoms with Crippen molar-refractivity contribution >= 4 is 16.1 Å². The van der Waals surface area contributed by atoms with Gasteiger partial charge in [0.05, 0.1) is 19.5 Å². The standard InChI is InChI=1S/C31H63NO6S/c1-5-7-9-11-13-15-17-19-21-23-26-36-29-30(28-32(3)25-27-37-39(4,34)35)38-31(33)24-22-20-18-16-14-12-10-8-6-2/h30H,5-29H2,1-4H3. The fraction of sp³-hybridized carbons (Fsp3) is 0.968. The lowest BCUT2D eigenvalue weighted by Gasteiger charge is -2.24. The number of esters is 1.